The monoisotopic (exact) mass is 370 g/mol. The van der Waals surface area contributed by atoms with Gasteiger partial charge in [0.2, 0.25) is 0 Å². The number of allylic oxidation sites excluding steroid dienone is 2. The highest BCUT2D eigenvalue weighted by molar-refractivity contribution is 9.10. The Morgan fingerprint density at radius 2 is 1.75 bits per heavy atom. The highest BCUT2D eigenvalue weighted by atomic mass is 79.9. The molecule has 0 N–H and O–H groups in total. The van der Waals surface area contributed by atoms with Gasteiger partial charge in [0.25, 0.3) is 0 Å². The first-order valence-electron chi connectivity index (χ1n) is 7.91. The maximum absolute atomic E-state index is 3.62. The van der Waals surface area contributed by atoms with Crippen LogP contribution in [0, 0.1) is 6.08 Å². The molecule has 0 unspecified atom stereocenters. The first-order valence-corrected chi connectivity index (χ1v) is 8.70. The summed E-state index contributed by atoms with van der Waals surface area (Å²) >= 11 is 3.62. The molecule has 2 heteroatoms. The van der Waals surface area contributed by atoms with Crippen molar-refractivity contribution >= 4 is 49.9 Å². The van der Waals surface area contributed by atoms with Crippen molar-refractivity contribution in [3.05, 3.63) is 88.4 Å². The van der Waals surface area contributed by atoms with Gasteiger partial charge in [-0.1, -0.05) is 34.1 Å². The first-order chi connectivity index (χ1) is 11.8. The molecule has 0 spiro atoms. The van der Waals surface area contributed by atoms with Crippen molar-refractivity contribution < 1.29 is 0 Å². The summed E-state index contributed by atoms with van der Waals surface area (Å²) in [5, 5.41) is 2.53. The SMILES string of the molecule is Brc1ccc2c(c1)c1ccc3c(c1n2-c1ccccc1)C=C[C+]=C3. The fourth-order valence-electron chi connectivity index (χ4n) is 3.54. The normalized spacial score (nSPS) is 12.5. The molecule has 1 nitrogen and oxygen atoms in total. The van der Waals surface area contributed by atoms with Crippen LogP contribution in [-0.4, -0.2) is 4.57 Å². The summed E-state index contributed by atoms with van der Waals surface area (Å²) in [7, 11) is 0. The Morgan fingerprint density at radius 3 is 2.62 bits per heavy atom. The van der Waals surface area contributed by atoms with Crippen LogP contribution in [0.2, 0.25) is 0 Å². The first kappa shape index (κ1) is 13.7. The van der Waals surface area contributed by atoms with Crippen molar-refractivity contribution in [2.45, 2.75) is 0 Å². The van der Waals surface area contributed by atoms with E-state index in [2.05, 4.69) is 99.4 Å². The number of rotatable bonds is 1. The fourth-order valence-corrected chi connectivity index (χ4v) is 3.90. The zero-order chi connectivity index (χ0) is 16.1. The number of halogens is 1. The lowest BCUT2D eigenvalue weighted by Gasteiger charge is -2.09. The molecule has 1 aliphatic carbocycles. The van der Waals surface area contributed by atoms with E-state index in [4.69, 9.17) is 0 Å². The van der Waals surface area contributed by atoms with Gasteiger partial charge in [0, 0.05) is 33.1 Å². The van der Waals surface area contributed by atoms with Gasteiger partial charge in [-0.05, 0) is 36.4 Å². The molecule has 0 bridgehead atoms. The molecule has 0 amide bonds. The Bertz CT molecular complexity index is 1150. The van der Waals surface area contributed by atoms with Gasteiger partial charge < -0.3 is 4.57 Å². The number of aromatic nitrogens is 1. The van der Waals surface area contributed by atoms with Crippen molar-refractivity contribution in [1.82, 2.24) is 4.57 Å². The Hall–Kier alpha value is -2.67. The van der Waals surface area contributed by atoms with Crippen LogP contribution in [0.4, 0.5) is 0 Å². The van der Waals surface area contributed by atoms with Crippen LogP contribution in [0.3, 0.4) is 0 Å². The average Bonchev–Trinajstić information content (AvgIpc) is 2.96. The van der Waals surface area contributed by atoms with Gasteiger partial charge >= 0.3 is 0 Å². The largest absolute Gasteiger partial charge is 0.306 e. The quantitative estimate of drug-likeness (QED) is 0.342. The zero-order valence-corrected chi connectivity index (χ0v) is 14.4. The second-order valence-electron chi connectivity index (χ2n) is 5.94. The Morgan fingerprint density at radius 1 is 0.875 bits per heavy atom. The van der Waals surface area contributed by atoms with Crippen molar-refractivity contribution in [1.29, 1.82) is 0 Å². The third kappa shape index (κ3) is 1.91. The van der Waals surface area contributed by atoms with Crippen molar-refractivity contribution in [3.63, 3.8) is 0 Å². The van der Waals surface area contributed by atoms with Gasteiger partial charge in [0.05, 0.1) is 22.7 Å². The Balaban J connectivity index is 2.04. The van der Waals surface area contributed by atoms with Crippen LogP contribution < -0.4 is 0 Å². The highest BCUT2D eigenvalue weighted by Gasteiger charge is 2.21. The third-order valence-electron chi connectivity index (χ3n) is 4.56. The number of hydrogen-bond donors (Lipinski definition) is 0. The van der Waals surface area contributed by atoms with Crippen LogP contribution in [0.5, 0.6) is 0 Å². The fraction of sp³-hybridized carbons (Fsp3) is 0. The molecule has 1 aromatic heterocycles. The lowest BCUT2D eigenvalue weighted by molar-refractivity contribution is 1.18. The standard InChI is InChI=1S/C22H13BrN/c23-16-11-13-21-20(14-16)19-12-10-15-6-4-5-9-18(15)22(19)24(21)17-7-2-1-3-8-17/h1-3,5-14H/q+1. The smallest absolute Gasteiger partial charge is 0.117 e. The molecule has 1 aliphatic rings. The lowest BCUT2D eigenvalue weighted by atomic mass is 9.99. The number of hydrogen-bond acceptors (Lipinski definition) is 0. The summed E-state index contributed by atoms with van der Waals surface area (Å²) in [6.45, 7) is 0. The van der Waals surface area contributed by atoms with Gasteiger partial charge in [0.15, 0.2) is 0 Å². The minimum atomic E-state index is 1.10. The summed E-state index contributed by atoms with van der Waals surface area (Å²) in [5.41, 5.74) is 6.12. The van der Waals surface area contributed by atoms with E-state index < -0.39 is 0 Å². The molecular weight excluding hydrogens is 358 g/mol. The van der Waals surface area contributed by atoms with Gasteiger partial charge in [0.1, 0.15) is 17.7 Å². The van der Waals surface area contributed by atoms with E-state index >= 15 is 0 Å². The van der Waals surface area contributed by atoms with Crippen molar-refractivity contribution in [2.24, 2.45) is 0 Å². The second kappa shape index (κ2) is 5.17. The number of para-hydroxylation sites is 1. The maximum Gasteiger partial charge on any atom is 0.117 e. The summed E-state index contributed by atoms with van der Waals surface area (Å²) in [6.07, 6.45) is 9.39. The topological polar surface area (TPSA) is 4.93 Å². The highest BCUT2D eigenvalue weighted by Crippen LogP contribution is 2.38. The van der Waals surface area contributed by atoms with E-state index in [9.17, 15) is 0 Å². The molecule has 0 aliphatic heterocycles. The van der Waals surface area contributed by atoms with Crippen LogP contribution in [0.25, 0.3) is 39.6 Å². The average molecular weight is 371 g/mol. The van der Waals surface area contributed by atoms with Gasteiger partial charge in [-0.15, -0.1) is 0 Å². The Labute approximate surface area is 148 Å². The van der Waals surface area contributed by atoms with E-state index in [1.165, 1.54) is 38.6 Å². The molecule has 4 aromatic rings. The molecule has 0 fully saturated rings. The van der Waals surface area contributed by atoms with Gasteiger partial charge in [-0.25, -0.2) is 0 Å². The summed E-state index contributed by atoms with van der Waals surface area (Å²) in [4.78, 5) is 0. The minimum Gasteiger partial charge on any atom is -0.306 e. The predicted molar refractivity (Wildman–Crippen MR) is 105 cm³/mol. The van der Waals surface area contributed by atoms with E-state index in [1.54, 1.807) is 0 Å². The lowest BCUT2D eigenvalue weighted by Crippen LogP contribution is -1.96. The molecule has 24 heavy (non-hydrogen) atoms. The number of benzene rings is 3. The molecule has 1 heterocycles. The Kier molecular flexibility index (Phi) is 2.96. The minimum absolute atomic E-state index is 1.10. The van der Waals surface area contributed by atoms with Crippen LogP contribution in [0.1, 0.15) is 11.1 Å². The summed E-state index contributed by atoms with van der Waals surface area (Å²) < 4.78 is 3.46. The molecule has 3 aromatic carbocycles. The maximum atomic E-state index is 3.62. The molecule has 0 atom stereocenters. The molecule has 5 rings (SSSR count). The zero-order valence-electron chi connectivity index (χ0n) is 12.8. The van der Waals surface area contributed by atoms with Crippen LogP contribution >= 0.6 is 15.9 Å². The number of nitrogens with zero attached hydrogens (tertiary/aromatic N) is 1. The second-order valence-corrected chi connectivity index (χ2v) is 6.86. The van der Waals surface area contributed by atoms with E-state index in [-0.39, 0.29) is 0 Å². The van der Waals surface area contributed by atoms with Crippen LogP contribution in [-0.2, 0) is 0 Å². The van der Waals surface area contributed by atoms with Crippen molar-refractivity contribution in [3.8, 4) is 5.69 Å². The third-order valence-corrected chi connectivity index (χ3v) is 5.06. The number of fused-ring (bicyclic) bond motifs is 5. The molecule has 0 saturated carbocycles. The molecule has 0 radical (unpaired) electrons. The van der Waals surface area contributed by atoms with E-state index in [1.807, 2.05) is 6.08 Å². The van der Waals surface area contributed by atoms with E-state index in [0.29, 0.717) is 0 Å². The molecular formula is C22H13BrN+. The van der Waals surface area contributed by atoms with Crippen molar-refractivity contribution in [2.75, 3.05) is 0 Å². The van der Waals surface area contributed by atoms with Crippen LogP contribution in [0.15, 0.2) is 71.2 Å². The van der Waals surface area contributed by atoms with E-state index in [0.717, 1.165) is 4.47 Å². The van der Waals surface area contributed by atoms with Gasteiger partial charge in [-0.2, -0.15) is 0 Å². The predicted octanol–water partition coefficient (Wildman–Crippen LogP) is 6.39. The summed E-state index contributed by atoms with van der Waals surface area (Å²) in [6, 6.07) is 21.5. The summed E-state index contributed by atoms with van der Waals surface area (Å²) in [5.74, 6) is 0. The molecule has 112 valence electrons. The van der Waals surface area contributed by atoms with Gasteiger partial charge in [-0.3, -0.25) is 0 Å². The molecule has 0 saturated heterocycles.